The van der Waals surface area contributed by atoms with Crippen molar-refractivity contribution in [2.75, 3.05) is 6.54 Å². The molecule has 0 aliphatic heterocycles. The molecule has 4 nitrogen and oxygen atoms in total. The molecule has 0 aromatic carbocycles. The number of hydrogen-bond donors (Lipinski definition) is 2. The molecule has 4 heteroatoms. The topological polar surface area (TPSA) is 66.4 Å². The van der Waals surface area contributed by atoms with Gasteiger partial charge in [-0.3, -0.25) is 9.59 Å². The lowest BCUT2D eigenvalue weighted by Gasteiger charge is -2.23. The van der Waals surface area contributed by atoms with Gasteiger partial charge in [0.15, 0.2) is 0 Å². The number of carboxylic acid groups (broad SMARTS) is 1. The molecule has 0 rings (SSSR count). The van der Waals surface area contributed by atoms with Crippen LogP contribution in [-0.4, -0.2) is 23.5 Å². The van der Waals surface area contributed by atoms with E-state index in [1.54, 1.807) is 6.92 Å². The molecule has 0 radical (unpaired) electrons. The van der Waals surface area contributed by atoms with Gasteiger partial charge >= 0.3 is 5.97 Å². The minimum absolute atomic E-state index is 0.0469. The highest BCUT2D eigenvalue weighted by Crippen LogP contribution is 2.19. The molecule has 1 unspecified atom stereocenters. The Balaban J connectivity index is 3.93. The second-order valence-electron chi connectivity index (χ2n) is 4.45. The first-order chi connectivity index (χ1) is 7.46. The third-order valence-corrected chi connectivity index (χ3v) is 2.98. The first-order valence-corrected chi connectivity index (χ1v) is 5.96. The number of carbonyl (C=O) groups excluding carboxylic acids is 1. The summed E-state index contributed by atoms with van der Waals surface area (Å²) >= 11 is 0. The number of carbonyl (C=O) groups is 2. The molecule has 0 saturated carbocycles. The summed E-state index contributed by atoms with van der Waals surface area (Å²) in [5.74, 6) is -0.904. The van der Waals surface area contributed by atoms with Gasteiger partial charge < -0.3 is 10.4 Å². The molecule has 16 heavy (non-hydrogen) atoms. The van der Waals surface area contributed by atoms with E-state index in [1.807, 2.05) is 6.92 Å². The van der Waals surface area contributed by atoms with Gasteiger partial charge in [0.05, 0.1) is 5.41 Å². The van der Waals surface area contributed by atoms with E-state index in [0.717, 1.165) is 19.3 Å². The van der Waals surface area contributed by atoms with Crippen LogP contribution in [0.3, 0.4) is 0 Å². The third kappa shape index (κ3) is 5.14. The maximum absolute atomic E-state index is 11.4. The van der Waals surface area contributed by atoms with E-state index in [2.05, 4.69) is 12.2 Å². The minimum atomic E-state index is -0.858. The Labute approximate surface area is 97.4 Å². The summed E-state index contributed by atoms with van der Waals surface area (Å²) in [6, 6.07) is 0. The molecular weight excluding hydrogens is 206 g/mol. The lowest BCUT2D eigenvalue weighted by molar-refractivity contribution is -0.148. The zero-order chi connectivity index (χ0) is 12.6. The summed E-state index contributed by atoms with van der Waals surface area (Å²) in [6.45, 7) is 5.76. The van der Waals surface area contributed by atoms with E-state index in [4.69, 9.17) is 5.11 Å². The number of hydrogen-bond acceptors (Lipinski definition) is 2. The van der Waals surface area contributed by atoms with Crippen LogP contribution in [0.1, 0.15) is 52.9 Å². The van der Waals surface area contributed by atoms with Crippen molar-refractivity contribution in [1.82, 2.24) is 5.32 Å². The van der Waals surface area contributed by atoms with Gasteiger partial charge in [0.25, 0.3) is 0 Å². The molecule has 0 aromatic rings. The average Bonchev–Trinajstić information content (AvgIpc) is 2.26. The first-order valence-electron chi connectivity index (χ1n) is 5.96. The van der Waals surface area contributed by atoms with Crippen LogP contribution in [0.25, 0.3) is 0 Å². The SMILES string of the molecule is CCCCCC(=O)NCC(C)(CC)C(=O)O. The van der Waals surface area contributed by atoms with Crippen molar-refractivity contribution in [2.45, 2.75) is 52.9 Å². The summed E-state index contributed by atoms with van der Waals surface area (Å²) in [5, 5.41) is 11.7. The van der Waals surface area contributed by atoms with Gasteiger partial charge in [-0.2, -0.15) is 0 Å². The lowest BCUT2D eigenvalue weighted by atomic mass is 9.87. The van der Waals surface area contributed by atoms with Gasteiger partial charge in [-0.05, 0) is 19.8 Å². The van der Waals surface area contributed by atoms with Crippen molar-refractivity contribution in [3.05, 3.63) is 0 Å². The van der Waals surface area contributed by atoms with E-state index in [-0.39, 0.29) is 12.5 Å². The summed E-state index contributed by atoms with van der Waals surface area (Å²) in [4.78, 5) is 22.4. The fourth-order valence-corrected chi connectivity index (χ4v) is 1.27. The molecule has 0 heterocycles. The molecule has 94 valence electrons. The fourth-order valence-electron chi connectivity index (χ4n) is 1.27. The Kier molecular flexibility index (Phi) is 6.77. The molecule has 0 aliphatic rings. The molecule has 0 saturated heterocycles. The number of nitrogens with one attached hydrogen (secondary N) is 1. The molecule has 0 bridgehead atoms. The average molecular weight is 229 g/mol. The summed E-state index contributed by atoms with van der Waals surface area (Å²) in [6.07, 6.45) is 4.00. The van der Waals surface area contributed by atoms with Crippen LogP contribution in [0.15, 0.2) is 0 Å². The molecule has 2 N–H and O–H groups in total. The Hall–Kier alpha value is -1.06. The smallest absolute Gasteiger partial charge is 0.311 e. The van der Waals surface area contributed by atoms with Crippen molar-refractivity contribution >= 4 is 11.9 Å². The maximum atomic E-state index is 11.4. The van der Waals surface area contributed by atoms with E-state index in [0.29, 0.717) is 12.8 Å². The molecule has 0 fully saturated rings. The third-order valence-electron chi connectivity index (χ3n) is 2.98. The Morgan fingerprint density at radius 3 is 2.31 bits per heavy atom. The Morgan fingerprint density at radius 2 is 1.88 bits per heavy atom. The zero-order valence-corrected chi connectivity index (χ0v) is 10.5. The van der Waals surface area contributed by atoms with E-state index in [1.165, 1.54) is 0 Å². The summed E-state index contributed by atoms with van der Waals surface area (Å²) < 4.78 is 0. The maximum Gasteiger partial charge on any atom is 0.311 e. The number of amides is 1. The number of unbranched alkanes of at least 4 members (excludes halogenated alkanes) is 2. The monoisotopic (exact) mass is 229 g/mol. The van der Waals surface area contributed by atoms with Gasteiger partial charge in [-0.25, -0.2) is 0 Å². The Bertz CT molecular complexity index is 240. The summed E-state index contributed by atoms with van der Waals surface area (Å²) in [5.41, 5.74) is -0.847. The van der Waals surface area contributed by atoms with Crippen LogP contribution >= 0.6 is 0 Å². The second-order valence-corrected chi connectivity index (χ2v) is 4.45. The normalized spacial score (nSPS) is 14.2. The summed E-state index contributed by atoms with van der Waals surface area (Å²) in [7, 11) is 0. The van der Waals surface area contributed by atoms with Crippen molar-refractivity contribution < 1.29 is 14.7 Å². The quantitative estimate of drug-likeness (QED) is 0.627. The molecule has 1 atom stereocenters. The van der Waals surface area contributed by atoms with Gasteiger partial charge in [-0.1, -0.05) is 26.7 Å². The van der Waals surface area contributed by atoms with Gasteiger partial charge in [-0.15, -0.1) is 0 Å². The largest absolute Gasteiger partial charge is 0.481 e. The predicted octanol–water partition coefficient (Wildman–Crippen LogP) is 2.18. The molecule has 0 aromatic heterocycles. The number of carboxylic acids is 1. The van der Waals surface area contributed by atoms with Crippen molar-refractivity contribution in [2.24, 2.45) is 5.41 Å². The fraction of sp³-hybridized carbons (Fsp3) is 0.833. The highest BCUT2D eigenvalue weighted by molar-refractivity contribution is 5.78. The van der Waals surface area contributed by atoms with E-state index in [9.17, 15) is 9.59 Å². The van der Waals surface area contributed by atoms with Crippen LogP contribution in [0.2, 0.25) is 0 Å². The Morgan fingerprint density at radius 1 is 1.25 bits per heavy atom. The standard InChI is InChI=1S/C12H23NO3/c1-4-6-7-8-10(14)13-9-12(3,5-2)11(15)16/h4-9H2,1-3H3,(H,13,14)(H,15,16). The highest BCUT2D eigenvalue weighted by atomic mass is 16.4. The van der Waals surface area contributed by atoms with E-state index < -0.39 is 11.4 Å². The van der Waals surface area contributed by atoms with Crippen molar-refractivity contribution in [3.8, 4) is 0 Å². The first kappa shape index (κ1) is 14.9. The molecule has 1 amide bonds. The van der Waals surface area contributed by atoms with Crippen molar-refractivity contribution in [1.29, 1.82) is 0 Å². The van der Waals surface area contributed by atoms with Gasteiger partial charge in [0.2, 0.25) is 5.91 Å². The van der Waals surface area contributed by atoms with Crippen LogP contribution in [0, 0.1) is 5.41 Å². The van der Waals surface area contributed by atoms with Crippen LogP contribution in [0.4, 0.5) is 0 Å². The minimum Gasteiger partial charge on any atom is -0.481 e. The van der Waals surface area contributed by atoms with Crippen molar-refractivity contribution in [3.63, 3.8) is 0 Å². The molecule has 0 spiro atoms. The lowest BCUT2D eigenvalue weighted by Crippen LogP contribution is -2.40. The van der Waals surface area contributed by atoms with Crippen LogP contribution in [0.5, 0.6) is 0 Å². The van der Waals surface area contributed by atoms with E-state index >= 15 is 0 Å². The van der Waals surface area contributed by atoms with Gasteiger partial charge in [0.1, 0.15) is 0 Å². The molecular formula is C12H23NO3. The second kappa shape index (κ2) is 7.25. The van der Waals surface area contributed by atoms with Crippen LogP contribution < -0.4 is 5.32 Å². The number of rotatable bonds is 8. The highest BCUT2D eigenvalue weighted by Gasteiger charge is 2.31. The van der Waals surface area contributed by atoms with Crippen LogP contribution in [-0.2, 0) is 9.59 Å². The molecule has 0 aliphatic carbocycles. The number of aliphatic carboxylic acids is 1. The predicted molar refractivity (Wildman–Crippen MR) is 63.2 cm³/mol. The zero-order valence-electron chi connectivity index (χ0n) is 10.5. The van der Waals surface area contributed by atoms with Gasteiger partial charge in [0, 0.05) is 13.0 Å².